The summed E-state index contributed by atoms with van der Waals surface area (Å²) in [6.07, 6.45) is 0.498. The van der Waals surface area contributed by atoms with Crippen molar-refractivity contribution >= 4 is 52.3 Å². The second kappa shape index (κ2) is 3.95. The van der Waals surface area contributed by atoms with Crippen molar-refractivity contribution in [3.63, 3.8) is 0 Å². The minimum absolute atomic E-state index is 0.140. The molecule has 1 saturated carbocycles. The van der Waals surface area contributed by atoms with Crippen molar-refractivity contribution in [3.8, 4) is 0 Å². The van der Waals surface area contributed by atoms with E-state index in [1.165, 1.54) is 0 Å². The van der Waals surface area contributed by atoms with E-state index in [2.05, 4.69) is 0 Å². The van der Waals surface area contributed by atoms with Gasteiger partial charge in [-0.3, -0.25) is 4.79 Å². The summed E-state index contributed by atoms with van der Waals surface area (Å²) in [5, 5.41) is 0.992. The van der Waals surface area contributed by atoms with Crippen LogP contribution in [0.25, 0.3) is 0 Å². The molecular weight excluding hydrogens is 292 g/mol. The van der Waals surface area contributed by atoms with Crippen molar-refractivity contribution in [2.45, 2.75) is 17.2 Å². The highest BCUT2D eigenvalue weighted by Gasteiger charge is 2.58. The van der Waals surface area contributed by atoms with Crippen LogP contribution < -0.4 is 5.73 Å². The zero-order chi connectivity index (χ0) is 12.1. The minimum Gasteiger partial charge on any atom is -0.368 e. The number of benzene rings is 1. The third kappa shape index (κ3) is 1.88. The van der Waals surface area contributed by atoms with Gasteiger partial charge in [-0.25, -0.2) is 0 Å². The van der Waals surface area contributed by atoms with Gasteiger partial charge < -0.3 is 5.73 Å². The Labute approximate surface area is 113 Å². The number of rotatable bonds is 2. The lowest BCUT2D eigenvalue weighted by Crippen LogP contribution is -2.26. The van der Waals surface area contributed by atoms with Gasteiger partial charge in [0.25, 0.3) is 0 Å². The monoisotopic (exact) mass is 297 g/mol. The second-order valence-electron chi connectivity index (χ2n) is 3.78. The average molecular weight is 299 g/mol. The third-order valence-corrected chi connectivity index (χ3v) is 4.51. The van der Waals surface area contributed by atoms with E-state index in [9.17, 15) is 4.79 Å². The predicted molar refractivity (Wildman–Crippen MR) is 66.6 cm³/mol. The van der Waals surface area contributed by atoms with Gasteiger partial charge in [-0.15, -0.1) is 11.6 Å². The van der Waals surface area contributed by atoms with Crippen LogP contribution in [0.2, 0.25) is 15.1 Å². The number of amides is 1. The lowest BCUT2D eigenvalue weighted by atomic mass is 10.1. The average Bonchev–Trinajstić information content (AvgIpc) is 2.88. The maximum absolute atomic E-state index is 11.1. The molecule has 2 rings (SSSR count). The molecule has 1 aliphatic carbocycles. The lowest BCUT2D eigenvalue weighted by Gasteiger charge is -2.07. The van der Waals surface area contributed by atoms with Crippen LogP contribution in [-0.2, 0) is 4.79 Å². The van der Waals surface area contributed by atoms with E-state index in [4.69, 9.17) is 52.1 Å². The van der Waals surface area contributed by atoms with Gasteiger partial charge in [0, 0.05) is 5.92 Å². The molecule has 0 aromatic heterocycles. The van der Waals surface area contributed by atoms with Gasteiger partial charge >= 0.3 is 0 Å². The third-order valence-electron chi connectivity index (χ3n) is 2.71. The summed E-state index contributed by atoms with van der Waals surface area (Å²) in [4.78, 5) is 10.1. The summed E-state index contributed by atoms with van der Waals surface area (Å²) in [5.41, 5.74) is 5.99. The molecule has 1 aromatic rings. The number of hydrogen-bond acceptors (Lipinski definition) is 1. The summed E-state index contributed by atoms with van der Waals surface area (Å²) < 4.78 is 0. The molecule has 2 nitrogen and oxygen atoms in total. The zero-order valence-electron chi connectivity index (χ0n) is 7.94. The fraction of sp³-hybridized carbons (Fsp3) is 0.300. The first kappa shape index (κ1) is 12.3. The fourth-order valence-electron chi connectivity index (χ4n) is 1.67. The van der Waals surface area contributed by atoms with Gasteiger partial charge in [0.1, 0.15) is 4.87 Å². The van der Waals surface area contributed by atoms with Crippen molar-refractivity contribution < 1.29 is 4.79 Å². The Morgan fingerprint density at radius 3 is 2.19 bits per heavy atom. The SMILES string of the molecule is NC(=O)C1(Cl)CC1c1cc(Cl)c(Cl)c(Cl)c1. The van der Waals surface area contributed by atoms with Crippen LogP contribution in [0.1, 0.15) is 17.9 Å². The molecule has 0 spiro atoms. The highest BCUT2D eigenvalue weighted by atomic mass is 35.5. The summed E-state index contributed by atoms with van der Waals surface area (Å²) in [5.74, 6) is -0.666. The van der Waals surface area contributed by atoms with E-state index in [1.54, 1.807) is 12.1 Å². The van der Waals surface area contributed by atoms with E-state index >= 15 is 0 Å². The molecule has 1 aliphatic rings. The number of alkyl halides is 1. The molecule has 1 fully saturated rings. The van der Waals surface area contributed by atoms with Crippen LogP contribution in [-0.4, -0.2) is 10.8 Å². The van der Waals surface area contributed by atoms with Gasteiger partial charge in [-0.1, -0.05) is 34.8 Å². The smallest absolute Gasteiger partial charge is 0.239 e. The van der Waals surface area contributed by atoms with Crippen molar-refractivity contribution in [2.24, 2.45) is 5.73 Å². The van der Waals surface area contributed by atoms with Crippen LogP contribution >= 0.6 is 46.4 Å². The molecule has 2 unspecified atom stereocenters. The van der Waals surface area contributed by atoms with Crippen molar-refractivity contribution in [3.05, 3.63) is 32.8 Å². The topological polar surface area (TPSA) is 43.1 Å². The summed E-state index contributed by atoms with van der Waals surface area (Å²) in [7, 11) is 0. The van der Waals surface area contributed by atoms with E-state index < -0.39 is 10.8 Å². The molecule has 1 aromatic carbocycles. The van der Waals surface area contributed by atoms with Crippen LogP contribution in [0.3, 0.4) is 0 Å². The first-order chi connectivity index (χ1) is 7.36. The van der Waals surface area contributed by atoms with E-state index in [1.807, 2.05) is 0 Å². The summed E-state index contributed by atoms with van der Waals surface area (Å²) in [6, 6.07) is 3.32. The van der Waals surface area contributed by atoms with E-state index in [0.717, 1.165) is 5.56 Å². The first-order valence-corrected chi connectivity index (χ1v) is 6.00. The number of halogens is 4. The first-order valence-electron chi connectivity index (χ1n) is 4.49. The molecule has 6 heteroatoms. The number of carbonyl (C=O) groups is 1. The van der Waals surface area contributed by atoms with Gasteiger partial charge in [0.15, 0.2) is 0 Å². The Bertz CT molecular complexity index is 453. The van der Waals surface area contributed by atoms with Gasteiger partial charge in [-0.05, 0) is 24.1 Å². The maximum atomic E-state index is 11.1. The van der Waals surface area contributed by atoms with E-state index in [-0.39, 0.29) is 5.92 Å². The molecule has 0 bridgehead atoms. The quantitative estimate of drug-likeness (QED) is 0.658. The molecule has 2 atom stereocenters. The molecule has 0 heterocycles. The largest absolute Gasteiger partial charge is 0.368 e. The molecule has 16 heavy (non-hydrogen) atoms. The second-order valence-corrected chi connectivity index (χ2v) is 5.65. The van der Waals surface area contributed by atoms with Gasteiger partial charge in [-0.2, -0.15) is 0 Å². The molecular formula is C10H7Cl4NO. The molecule has 0 aliphatic heterocycles. The molecule has 0 radical (unpaired) electrons. The molecule has 2 N–H and O–H groups in total. The van der Waals surface area contributed by atoms with Crippen molar-refractivity contribution in [1.82, 2.24) is 0 Å². The lowest BCUT2D eigenvalue weighted by molar-refractivity contribution is -0.118. The van der Waals surface area contributed by atoms with E-state index in [0.29, 0.717) is 21.5 Å². The fourth-order valence-corrected chi connectivity index (χ4v) is 2.56. The zero-order valence-corrected chi connectivity index (χ0v) is 11.0. The van der Waals surface area contributed by atoms with Crippen LogP contribution in [0, 0.1) is 0 Å². The highest BCUT2D eigenvalue weighted by molar-refractivity contribution is 6.48. The van der Waals surface area contributed by atoms with Crippen molar-refractivity contribution in [1.29, 1.82) is 0 Å². The Morgan fingerprint density at radius 2 is 1.81 bits per heavy atom. The predicted octanol–water partition coefficient (Wildman–Crippen LogP) is 3.60. The Hall–Kier alpha value is -0.150. The maximum Gasteiger partial charge on any atom is 0.239 e. The Kier molecular flexibility index (Phi) is 3.04. The number of primary amides is 1. The summed E-state index contributed by atoms with van der Waals surface area (Å²) in [6.45, 7) is 0. The van der Waals surface area contributed by atoms with Crippen molar-refractivity contribution in [2.75, 3.05) is 0 Å². The Morgan fingerprint density at radius 1 is 1.31 bits per heavy atom. The van der Waals surface area contributed by atoms with Crippen LogP contribution in [0.15, 0.2) is 12.1 Å². The highest BCUT2D eigenvalue weighted by Crippen LogP contribution is 2.57. The number of hydrogen-bond donors (Lipinski definition) is 1. The standard InChI is InChI=1S/C10H7Cl4NO/c11-6-1-4(2-7(12)8(6)13)5-3-10(5,14)9(15)16/h1-2,5H,3H2,(H2,15,16). The Balaban J connectivity index is 2.35. The normalized spacial score (nSPS) is 27.9. The molecule has 0 saturated heterocycles. The number of carbonyl (C=O) groups excluding carboxylic acids is 1. The van der Waals surface area contributed by atoms with Gasteiger partial charge in [0.05, 0.1) is 15.1 Å². The van der Waals surface area contributed by atoms with Crippen LogP contribution in [0.4, 0.5) is 0 Å². The number of nitrogens with two attached hydrogens (primary N) is 1. The molecule has 1 amide bonds. The van der Waals surface area contributed by atoms with Crippen LogP contribution in [0.5, 0.6) is 0 Å². The molecule has 86 valence electrons. The minimum atomic E-state index is -1.000. The summed E-state index contributed by atoms with van der Waals surface area (Å²) >= 11 is 23.6. The van der Waals surface area contributed by atoms with Gasteiger partial charge in [0.2, 0.25) is 5.91 Å².